The second-order valence-corrected chi connectivity index (χ2v) is 5.78. The van der Waals surface area contributed by atoms with Crippen molar-refractivity contribution in [2.24, 2.45) is 5.92 Å². The van der Waals surface area contributed by atoms with Gasteiger partial charge in [-0.2, -0.15) is 13.2 Å². The van der Waals surface area contributed by atoms with E-state index >= 15 is 0 Å². The largest absolute Gasteiger partial charge is 0.391 e. The minimum atomic E-state index is -4.25. The van der Waals surface area contributed by atoms with Crippen molar-refractivity contribution in [3.8, 4) is 0 Å². The molecule has 1 heterocycles. The number of hydrogen-bond donors (Lipinski definition) is 1. The van der Waals surface area contributed by atoms with E-state index in [2.05, 4.69) is 4.98 Å². The topological polar surface area (TPSA) is 33.1 Å². The predicted molar refractivity (Wildman–Crippen MR) is 73.7 cm³/mol. The van der Waals surface area contributed by atoms with Crippen LogP contribution in [0, 0.1) is 5.92 Å². The smallest absolute Gasteiger partial charge is 0.385 e. The second-order valence-electron chi connectivity index (χ2n) is 5.78. The first-order valence-corrected chi connectivity index (χ1v) is 7.03. The van der Waals surface area contributed by atoms with E-state index in [-0.39, 0.29) is 12.8 Å². The highest BCUT2D eigenvalue weighted by Gasteiger charge is 2.47. The molecule has 0 aliphatic heterocycles. The molecule has 1 aromatic carbocycles. The van der Waals surface area contributed by atoms with Crippen molar-refractivity contribution in [1.29, 1.82) is 0 Å². The summed E-state index contributed by atoms with van der Waals surface area (Å²) >= 11 is 0. The van der Waals surface area contributed by atoms with Gasteiger partial charge in [-0.15, -0.1) is 0 Å². The van der Waals surface area contributed by atoms with Crippen molar-refractivity contribution in [2.75, 3.05) is 0 Å². The summed E-state index contributed by atoms with van der Waals surface area (Å²) < 4.78 is 38.8. The number of aromatic nitrogens is 1. The zero-order chi connectivity index (χ0) is 15.1. The zero-order valence-corrected chi connectivity index (χ0v) is 11.4. The number of para-hydroxylation sites is 1. The molecule has 0 spiro atoms. The van der Waals surface area contributed by atoms with E-state index in [0.29, 0.717) is 18.4 Å². The van der Waals surface area contributed by atoms with E-state index in [0.717, 1.165) is 10.9 Å². The Bertz CT molecular complexity index is 655. The third kappa shape index (κ3) is 2.75. The van der Waals surface area contributed by atoms with Crippen LogP contribution < -0.4 is 0 Å². The molecular formula is C16H16F3NO. The number of halogens is 3. The maximum absolute atomic E-state index is 12.9. The molecule has 0 radical (unpaired) electrons. The zero-order valence-electron chi connectivity index (χ0n) is 11.4. The fourth-order valence-corrected chi connectivity index (χ4v) is 3.12. The van der Waals surface area contributed by atoms with Crippen LogP contribution in [0.25, 0.3) is 10.9 Å². The van der Waals surface area contributed by atoms with Crippen molar-refractivity contribution in [2.45, 2.75) is 37.5 Å². The fourth-order valence-electron chi connectivity index (χ4n) is 3.12. The molecule has 1 saturated carbocycles. The molecule has 21 heavy (non-hydrogen) atoms. The van der Waals surface area contributed by atoms with E-state index in [4.69, 9.17) is 0 Å². The van der Waals surface area contributed by atoms with Gasteiger partial charge >= 0.3 is 6.18 Å². The van der Waals surface area contributed by atoms with Crippen molar-refractivity contribution in [3.63, 3.8) is 0 Å². The third-order valence-electron chi connectivity index (χ3n) is 4.32. The van der Waals surface area contributed by atoms with E-state index in [1.807, 2.05) is 24.3 Å². The monoisotopic (exact) mass is 295 g/mol. The van der Waals surface area contributed by atoms with Gasteiger partial charge in [0.15, 0.2) is 0 Å². The van der Waals surface area contributed by atoms with Crippen molar-refractivity contribution in [3.05, 3.63) is 42.1 Å². The summed E-state index contributed by atoms with van der Waals surface area (Å²) in [6.45, 7) is 0. The van der Waals surface area contributed by atoms with Crippen molar-refractivity contribution < 1.29 is 18.3 Å². The number of alkyl halides is 3. The molecule has 1 aliphatic rings. The maximum Gasteiger partial charge on any atom is 0.391 e. The molecule has 0 amide bonds. The van der Waals surface area contributed by atoms with Gasteiger partial charge in [0, 0.05) is 17.1 Å². The molecule has 2 atom stereocenters. The van der Waals surface area contributed by atoms with Crippen molar-refractivity contribution >= 4 is 10.9 Å². The molecule has 3 rings (SSSR count). The molecule has 1 N–H and O–H groups in total. The van der Waals surface area contributed by atoms with Gasteiger partial charge in [-0.25, -0.2) is 0 Å². The minimum absolute atomic E-state index is 0.0901. The summed E-state index contributed by atoms with van der Waals surface area (Å²) in [6, 6.07) is 9.13. The lowest BCUT2D eigenvalue weighted by Crippen LogP contribution is -2.38. The average Bonchev–Trinajstić information content (AvgIpc) is 2.46. The molecule has 0 bridgehead atoms. The molecule has 0 saturated heterocycles. The van der Waals surface area contributed by atoms with Crippen LogP contribution in [0.2, 0.25) is 0 Å². The molecule has 1 aromatic heterocycles. The Balaban J connectivity index is 1.96. The van der Waals surface area contributed by atoms with Crippen LogP contribution in [0.1, 0.15) is 31.2 Å². The van der Waals surface area contributed by atoms with Crippen LogP contribution in [0.4, 0.5) is 13.2 Å². The number of benzene rings is 1. The summed E-state index contributed by atoms with van der Waals surface area (Å²) in [4.78, 5) is 4.25. The number of hydrogen-bond acceptors (Lipinski definition) is 2. The Kier molecular flexibility index (Phi) is 3.40. The summed E-state index contributed by atoms with van der Waals surface area (Å²) in [5.74, 6) is -1.44. The van der Waals surface area contributed by atoms with Crippen molar-refractivity contribution in [1.82, 2.24) is 4.98 Å². The van der Waals surface area contributed by atoms with Crippen LogP contribution in [0.3, 0.4) is 0 Å². The molecule has 2 unspecified atom stereocenters. The quantitative estimate of drug-likeness (QED) is 0.856. The number of pyridine rings is 1. The Labute approximate surface area is 120 Å². The first-order chi connectivity index (χ1) is 9.88. The van der Waals surface area contributed by atoms with E-state index in [1.165, 1.54) is 6.20 Å². The Morgan fingerprint density at radius 3 is 2.76 bits per heavy atom. The van der Waals surface area contributed by atoms with Crippen LogP contribution in [-0.2, 0) is 5.60 Å². The molecule has 1 aliphatic carbocycles. The number of aliphatic hydroxyl groups is 1. The summed E-state index contributed by atoms with van der Waals surface area (Å²) in [5.41, 5.74) is -0.182. The average molecular weight is 295 g/mol. The normalized spacial score (nSPS) is 27.0. The number of nitrogens with zero attached hydrogens (tertiary/aromatic N) is 1. The van der Waals surface area contributed by atoms with Gasteiger partial charge in [0.05, 0.1) is 17.0 Å². The first-order valence-electron chi connectivity index (χ1n) is 7.03. The predicted octanol–water partition coefficient (Wildman–Crippen LogP) is 4.17. The van der Waals surface area contributed by atoms with Crippen LogP contribution in [0.5, 0.6) is 0 Å². The van der Waals surface area contributed by atoms with E-state index in [9.17, 15) is 18.3 Å². The van der Waals surface area contributed by atoms with Gasteiger partial charge in [-0.1, -0.05) is 18.2 Å². The molecule has 2 aromatic rings. The van der Waals surface area contributed by atoms with E-state index < -0.39 is 17.7 Å². The standard InChI is InChI=1S/C16H16F3NO/c17-16(18,19)12-5-3-7-15(21,9-12)13-8-11-4-1-2-6-14(11)20-10-13/h1-2,4,6,8,10,12,21H,3,5,7,9H2. The van der Waals surface area contributed by atoms with E-state index in [1.54, 1.807) is 6.07 Å². The second kappa shape index (κ2) is 4.98. The summed E-state index contributed by atoms with van der Waals surface area (Å²) in [7, 11) is 0. The van der Waals surface area contributed by atoms with Gasteiger partial charge in [-0.3, -0.25) is 4.98 Å². The third-order valence-corrected chi connectivity index (χ3v) is 4.32. The fraction of sp³-hybridized carbons (Fsp3) is 0.438. The highest BCUT2D eigenvalue weighted by Crippen LogP contribution is 2.46. The molecule has 5 heteroatoms. The highest BCUT2D eigenvalue weighted by molar-refractivity contribution is 5.78. The van der Waals surface area contributed by atoms with Crippen LogP contribution >= 0.6 is 0 Å². The lowest BCUT2D eigenvalue weighted by Gasteiger charge is -2.37. The van der Waals surface area contributed by atoms with Gasteiger partial charge in [0.25, 0.3) is 0 Å². The Hall–Kier alpha value is -1.62. The van der Waals surface area contributed by atoms with Gasteiger partial charge in [0.1, 0.15) is 0 Å². The highest BCUT2D eigenvalue weighted by atomic mass is 19.4. The number of fused-ring (bicyclic) bond motifs is 1. The van der Waals surface area contributed by atoms with Crippen LogP contribution in [-0.4, -0.2) is 16.3 Å². The van der Waals surface area contributed by atoms with Gasteiger partial charge in [0.2, 0.25) is 0 Å². The lowest BCUT2D eigenvalue weighted by atomic mass is 9.74. The summed E-state index contributed by atoms with van der Waals surface area (Å²) in [5, 5.41) is 11.5. The van der Waals surface area contributed by atoms with Crippen LogP contribution in [0.15, 0.2) is 36.5 Å². The maximum atomic E-state index is 12.9. The molecule has 2 nitrogen and oxygen atoms in total. The molecular weight excluding hydrogens is 279 g/mol. The summed E-state index contributed by atoms with van der Waals surface area (Å²) in [6.07, 6.45) is -2.23. The molecule has 1 fully saturated rings. The molecule has 112 valence electrons. The Morgan fingerprint density at radius 2 is 2.00 bits per heavy atom. The first kappa shape index (κ1) is 14.3. The van der Waals surface area contributed by atoms with Gasteiger partial charge in [-0.05, 0) is 37.8 Å². The number of rotatable bonds is 1. The lowest BCUT2D eigenvalue weighted by molar-refractivity contribution is -0.201. The van der Waals surface area contributed by atoms with Gasteiger partial charge < -0.3 is 5.11 Å². The Morgan fingerprint density at radius 1 is 1.24 bits per heavy atom. The minimum Gasteiger partial charge on any atom is -0.385 e. The SMILES string of the molecule is OC1(c2cnc3ccccc3c2)CCCC(C(F)(F)F)C1.